The summed E-state index contributed by atoms with van der Waals surface area (Å²) in [4.78, 5) is 5.34. The second-order valence-corrected chi connectivity index (χ2v) is 6.78. The molecule has 2 atom stereocenters. The molecule has 3 rings (SSSR count). The summed E-state index contributed by atoms with van der Waals surface area (Å²) in [6, 6.07) is 0.807. The summed E-state index contributed by atoms with van der Waals surface area (Å²) in [5.41, 5.74) is 6.29. The highest BCUT2D eigenvalue weighted by Gasteiger charge is 2.37. The van der Waals surface area contributed by atoms with E-state index in [1.807, 2.05) is 0 Å². The predicted molar refractivity (Wildman–Crippen MR) is 77.2 cm³/mol. The summed E-state index contributed by atoms with van der Waals surface area (Å²) >= 11 is 0. The summed E-state index contributed by atoms with van der Waals surface area (Å²) < 4.78 is 5.70. The topological polar surface area (TPSA) is 41.7 Å². The third kappa shape index (κ3) is 3.13. The molecule has 3 heterocycles. The molecule has 2 N–H and O–H groups in total. The van der Waals surface area contributed by atoms with Gasteiger partial charge in [0.15, 0.2) is 0 Å². The summed E-state index contributed by atoms with van der Waals surface area (Å²) in [5.74, 6) is 0. The van der Waals surface area contributed by atoms with E-state index in [2.05, 4.69) is 9.80 Å². The van der Waals surface area contributed by atoms with Gasteiger partial charge in [-0.1, -0.05) is 0 Å². The fourth-order valence-corrected chi connectivity index (χ4v) is 4.10. The van der Waals surface area contributed by atoms with Crippen molar-refractivity contribution in [2.24, 2.45) is 11.1 Å². The second-order valence-electron chi connectivity index (χ2n) is 6.78. The molecule has 0 amide bonds. The highest BCUT2D eigenvalue weighted by atomic mass is 16.5. The van der Waals surface area contributed by atoms with Gasteiger partial charge in [0.05, 0.1) is 6.61 Å². The van der Waals surface area contributed by atoms with E-state index in [9.17, 15) is 0 Å². The van der Waals surface area contributed by atoms with Crippen molar-refractivity contribution < 1.29 is 4.74 Å². The molecule has 3 saturated heterocycles. The maximum Gasteiger partial charge on any atom is 0.0546 e. The number of nitrogens with two attached hydrogens (primary N) is 1. The number of ether oxygens (including phenoxy) is 1. The normalized spacial score (nSPS) is 38.1. The zero-order valence-electron chi connectivity index (χ0n) is 12.1. The van der Waals surface area contributed by atoms with Gasteiger partial charge in [-0.25, -0.2) is 0 Å². The number of hydrogen-bond donors (Lipinski definition) is 1. The lowest BCUT2D eigenvalue weighted by Crippen LogP contribution is -2.48. The summed E-state index contributed by atoms with van der Waals surface area (Å²) in [6.07, 6.45) is 6.57. The first-order valence-electron chi connectivity index (χ1n) is 8.06. The molecule has 110 valence electrons. The van der Waals surface area contributed by atoms with Crippen LogP contribution < -0.4 is 5.73 Å². The van der Waals surface area contributed by atoms with Crippen molar-refractivity contribution in [2.45, 2.75) is 38.1 Å². The van der Waals surface area contributed by atoms with Gasteiger partial charge in [-0.05, 0) is 51.7 Å². The lowest BCUT2D eigenvalue weighted by Gasteiger charge is -2.39. The Morgan fingerprint density at radius 3 is 2.68 bits per heavy atom. The molecule has 0 spiro atoms. The largest absolute Gasteiger partial charge is 0.381 e. The molecule has 3 fully saturated rings. The molecule has 3 aliphatic heterocycles. The molecule has 3 aliphatic rings. The van der Waals surface area contributed by atoms with E-state index in [1.165, 1.54) is 58.3 Å². The fraction of sp³-hybridized carbons (Fsp3) is 1.00. The van der Waals surface area contributed by atoms with E-state index in [4.69, 9.17) is 10.5 Å². The first-order valence-corrected chi connectivity index (χ1v) is 8.06. The molecule has 0 saturated carbocycles. The lowest BCUT2D eigenvalue weighted by atomic mass is 9.82. The van der Waals surface area contributed by atoms with Gasteiger partial charge in [-0.3, -0.25) is 4.90 Å². The first kappa shape index (κ1) is 13.8. The summed E-state index contributed by atoms with van der Waals surface area (Å²) in [5, 5.41) is 0. The molecule has 0 aromatic carbocycles. The molecule has 0 bridgehead atoms. The predicted octanol–water partition coefficient (Wildman–Crippen LogP) is 0.912. The summed E-state index contributed by atoms with van der Waals surface area (Å²) in [7, 11) is 0. The molecule has 0 radical (unpaired) electrons. The molecule has 0 aliphatic carbocycles. The molecule has 0 aromatic rings. The molecule has 0 aromatic heterocycles. The van der Waals surface area contributed by atoms with Crippen LogP contribution >= 0.6 is 0 Å². The van der Waals surface area contributed by atoms with Gasteiger partial charge in [0, 0.05) is 37.7 Å². The monoisotopic (exact) mass is 267 g/mol. The maximum absolute atomic E-state index is 6.06. The highest BCUT2D eigenvalue weighted by Crippen LogP contribution is 2.30. The molecular weight excluding hydrogens is 238 g/mol. The van der Waals surface area contributed by atoms with E-state index < -0.39 is 0 Å². The first-order chi connectivity index (χ1) is 9.31. The minimum atomic E-state index is 0.234. The Morgan fingerprint density at radius 2 is 2.00 bits per heavy atom. The Kier molecular flexibility index (Phi) is 4.42. The highest BCUT2D eigenvalue weighted by molar-refractivity contribution is 4.91. The molecule has 4 heteroatoms. The zero-order valence-corrected chi connectivity index (χ0v) is 12.1. The van der Waals surface area contributed by atoms with Crippen LogP contribution in [0.5, 0.6) is 0 Å². The molecular formula is C15H29N3O. The van der Waals surface area contributed by atoms with Crippen molar-refractivity contribution in [3.63, 3.8) is 0 Å². The smallest absolute Gasteiger partial charge is 0.0546 e. The van der Waals surface area contributed by atoms with Crippen LogP contribution in [0.2, 0.25) is 0 Å². The molecule has 19 heavy (non-hydrogen) atoms. The zero-order chi connectivity index (χ0) is 13.1. The van der Waals surface area contributed by atoms with Crippen LogP contribution in [0.4, 0.5) is 0 Å². The average Bonchev–Trinajstić information content (AvgIpc) is 3.10. The van der Waals surface area contributed by atoms with Crippen LogP contribution in [0, 0.1) is 5.41 Å². The van der Waals surface area contributed by atoms with E-state index >= 15 is 0 Å². The molecule has 2 unspecified atom stereocenters. The van der Waals surface area contributed by atoms with Crippen molar-refractivity contribution >= 4 is 0 Å². The van der Waals surface area contributed by atoms with Crippen molar-refractivity contribution in [1.29, 1.82) is 0 Å². The third-order valence-corrected chi connectivity index (χ3v) is 5.30. The van der Waals surface area contributed by atoms with Gasteiger partial charge in [-0.15, -0.1) is 0 Å². The Morgan fingerprint density at radius 1 is 1.16 bits per heavy atom. The number of nitrogens with zero attached hydrogens (tertiary/aromatic N) is 2. The van der Waals surface area contributed by atoms with Crippen molar-refractivity contribution in [1.82, 2.24) is 9.80 Å². The second kappa shape index (κ2) is 6.08. The maximum atomic E-state index is 6.06. The van der Waals surface area contributed by atoms with Crippen molar-refractivity contribution in [3.8, 4) is 0 Å². The summed E-state index contributed by atoms with van der Waals surface area (Å²) in [6.45, 7) is 8.87. The van der Waals surface area contributed by atoms with Gasteiger partial charge in [0.25, 0.3) is 0 Å². The van der Waals surface area contributed by atoms with Crippen molar-refractivity contribution in [2.75, 3.05) is 52.5 Å². The van der Waals surface area contributed by atoms with Gasteiger partial charge in [0.2, 0.25) is 0 Å². The Hall–Kier alpha value is -0.160. The minimum absolute atomic E-state index is 0.234. The Bertz CT molecular complexity index is 285. The number of rotatable bonds is 4. The fourth-order valence-electron chi connectivity index (χ4n) is 4.10. The molecule has 4 nitrogen and oxygen atoms in total. The number of hydrogen-bond acceptors (Lipinski definition) is 4. The van der Waals surface area contributed by atoms with E-state index in [0.29, 0.717) is 0 Å². The van der Waals surface area contributed by atoms with Crippen LogP contribution in [0.3, 0.4) is 0 Å². The van der Waals surface area contributed by atoms with Crippen LogP contribution in [0.15, 0.2) is 0 Å². The quantitative estimate of drug-likeness (QED) is 0.822. The van der Waals surface area contributed by atoms with Crippen LogP contribution in [-0.4, -0.2) is 68.3 Å². The average molecular weight is 267 g/mol. The van der Waals surface area contributed by atoms with Crippen molar-refractivity contribution in [3.05, 3.63) is 0 Å². The lowest BCUT2D eigenvalue weighted by molar-refractivity contribution is -0.0193. The standard InChI is InChI=1S/C15H29N3O/c16-11-15(5-3-9-19-13-15)12-17-8-4-14(10-17)18-6-1-2-7-18/h14H,1-13,16H2. The van der Waals surface area contributed by atoms with Crippen LogP contribution in [0.1, 0.15) is 32.1 Å². The van der Waals surface area contributed by atoms with Gasteiger partial charge >= 0.3 is 0 Å². The van der Waals surface area contributed by atoms with Gasteiger partial charge < -0.3 is 15.4 Å². The van der Waals surface area contributed by atoms with E-state index in [1.54, 1.807) is 0 Å². The van der Waals surface area contributed by atoms with Gasteiger partial charge in [-0.2, -0.15) is 0 Å². The van der Waals surface area contributed by atoms with Crippen LogP contribution in [0.25, 0.3) is 0 Å². The SMILES string of the molecule is NCC1(CN2CCC(N3CCCC3)C2)CCCOC1. The van der Waals surface area contributed by atoms with E-state index in [-0.39, 0.29) is 5.41 Å². The van der Waals surface area contributed by atoms with Gasteiger partial charge in [0.1, 0.15) is 0 Å². The Balaban J connectivity index is 1.52. The van der Waals surface area contributed by atoms with Crippen LogP contribution in [-0.2, 0) is 4.74 Å². The minimum Gasteiger partial charge on any atom is -0.381 e. The number of likely N-dealkylation sites (tertiary alicyclic amines) is 2. The van der Waals surface area contributed by atoms with E-state index in [0.717, 1.165) is 32.3 Å². The Labute approximate surface area is 117 Å². The third-order valence-electron chi connectivity index (χ3n) is 5.30.